The van der Waals surface area contributed by atoms with Crippen LogP contribution in [0.2, 0.25) is 0 Å². The first-order valence-corrected chi connectivity index (χ1v) is 18.3. The fourth-order valence-electron chi connectivity index (χ4n) is 7.73. The molecule has 0 N–H and O–H groups in total. The van der Waals surface area contributed by atoms with Crippen LogP contribution in [0.5, 0.6) is 0 Å². The predicted octanol–water partition coefficient (Wildman–Crippen LogP) is 8.68. The van der Waals surface area contributed by atoms with Gasteiger partial charge in [0.15, 0.2) is 8.07 Å². The number of hydrogen-bond donors (Lipinski definition) is 0. The topological polar surface area (TPSA) is 18.1 Å². The highest BCUT2D eigenvalue weighted by molar-refractivity contribution is 7.20. The van der Waals surface area contributed by atoms with Crippen LogP contribution in [0.4, 0.5) is 0 Å². The van der Waals surface area contributed by atoms with Crippen molar-refractivity contribution in [1.29, 1.82) is 0 Å². The third-order valence-electron chi connectivity index (χ3n) is 9.84. The zero-order chi connectivity index (χ0) is 31.5. The molecule has 0 aliphatic carbocycles. The highest BCUT2D eigenvalue weighted by Crippen LogP contribution is 2.36. The van der Waals surface area contributed by atoms with Crippen molar-refractivity contribution in [3.05, 3.63) is 175 Å². The summed E-state index contributed by atoms with van der Waals surface area (Å²) < 4.78 is 8.93. The van der Waals surface area contributed by atoms with Crippen molar-refractivity contribution in [2.75, 3.05) is 0 Å². The lowest BCUT2D eigenvalue weighted by Gasteiger charge is -2.34. The van der Waals surface area contributed by atoms with Crippen molar-refractivity contribution in [3.8, 4) is 5.69 Å². The molecular weight excluding hydrogens is 587 g/mol. The van der Waals surface area contributed by atoms with Gasteiger partial charge in [-0.3, -0.25) is 0 Å². The number of furan rings is 1. The van der Waals surface area contributed by atoms with Crippen LogP contribution in [0.15, 0.2) is 168 Å². The van der Waals surface area contributed by atoms with E-state index in [4.69, 9.17) is 4.42 Å². The molecule has 0 amide bonds. The minimum absolute atomic E-state index is 0.903. The van der Waals surface area contributed by atoms with E-state index in [1.54, 1.807) is 0 Å². The maximum absolute atomic E-state index is 6.52. The first-order chi connectivity index (χ1) is 23.1. The van der Waals surface area contributed by atoms with Gasteiger partial charge in [0, 0.05) is 27.2 Å². The van der Waals surface area contributed by atoms with Gasteiger partial charge in [-0.15, -0.1) is 0 Å². The van der Waals surface area contributed by atoms with Gasteiger partial charge in [0.25, 0.3) is 0 Å². The number of aromatic nitrogens is 1. The Kier molecular flexibility index (Phi) is 6.31. The van der Waals surface area contributed by atoms with Gasteiger partial charge < -0.3 is 8.98 Å². The molecule has 9 rings (SSSR count). The Morgan fingerprint density at radius 2 is 0.872 bits per heavy atom. The largest absolute Gasteiger partial charge is 0.456 e. The second kappa shape index (κ2) is 10.7. The maximum Gasteiger partial charge on any atom is 0.179 e. The Hall–Kier alpha value is -5.64. The SMILES string of the molecule is Cc1ccc2c(c1)c1cc(C)ccc1n2-c1ccc2oc3ccc([Si](c4ccccc4)(c4ccccc4)c4ccccc4)cc3c2c1. The molecule has 7 aromatic carbocycles. The first-order valence-electron chi connectivity index (χ1n) is 16.3. The molecule has 224 valence electrons. The molecule has 2 aromatic heterocycles. The van der Waals surface area contributed by atoms with Gasteiger partial charge in [0.2, 0.25) is 0 Å². The average Bonchev–Trinajstić information content (AvgIpc) is 3.64. The van der Waals surface area contributed by atoms with Gasteiger partial charge in [0.1, 0.15) is 11.2 Å². The molecule has 2 heterocycles. The lowest BCUT2D eigenvalue weighted by atomic mass is 10.1. The molecule has 3 heteroatoms. The smallest absolute Gasteiger partial charge is 0.179 e. The monoisotopic (exact) mass is 619 g/mol. The summed E-state index contributed by atoms with van der Waals surface area (Å²) in [6.07, 6.45) is 0. The van der Waals surface area contributed by atoms with Crippen molar-refractivity contribution in [3.63, 3.8) is 0 Å². The Labute approximate surface area is 275 Å². The van der Waals surface area contributed by atoms with Crippen molar-refractivity contribution in [2.45, 2.75) is 13.8 Å². The molecule has 0 atom stereocenters. The zero-order valence-electron chi connectivity index (χ0n) is 26.4. The molecule has 0 fully saturated rings. The molecule has 2 nitrogen and oxygen atoms in total. The van der Waals surface area contributed by atoms with Crippen LogP contribution >= 0.6 is 0 Å². The molecule has 0 spiro atoms. The number of fused-ring (bicyclic) bond motifs is 6. The normalized spacial score (nSPS) is 12.0. The second-order valence-corrected chi connectivity index (χ2v) is 16.5. The lowest BCUT2D eigenvalue weighted by Crippen LogP contribution is -2.74. The minimum Gasteiger partial charge on any atom is -0.456 e. The van der Waals surface area contributed by atoms with E-state index in [-0.39, 0.29) is 0 Å². The van der Waals surface area contributed by atoms with Crippen LogP contribution in [0, 0.1) is 13.8 Å². The van der Waals surface area contributed by atoms with Gasteiger partial charge in [-0.1, -0.05) is 126 Å². The van der Waals surface area contributed by atoms with Crippen molar-refractivity contribution < 1.29 is 4.42 Å². The summed E-state index contributed by atoms with van der Waals surface area (Å²) in [7, 11) is -2.67. The molecule has 0 saturated heterocycles. The average molecular weight is 620 g/mol. The Morgan fingerprint density at radius 1 is 0.404 bits per heavy atom. The molecule has 0 aliphatic rings. The molecule has 0 unspecified atom stereocenters. The molecule has 0 bridgehead atoms. The number of rotatable bonds is 5. The van der Waals surface area contributed by atoms with E-state index in [0.29, 0.717) is 0 Å². The Morgan fingerprint density at radius 3 is 1.38 bits per heavy atom. The van der Waals surface area contributed by atoms with Gasteiger partial charge in [-0.25, -0.2) is 0 Å². The van der Waals surface area contributed by atoms with Crippen LogP contribution in [0.3, 0.4) is 0 Å². The van der Waals surface area contributed by atoms with E-state index in [2.05, 4.69) is 182 Å². The third-order valence-corrected chi connectivity index (χ3v) is 14.6. The van der Waals surface area contributed by atoms with Crippen molar-refractivity contribution in [2.24, 2.45) is 0 Å². The maximum atomic E-state index is 6.52. The van der Waals surface area contributed by atoms with Crippen molar-refractivity contribution >= 4 is 72.6 Å². The molecule has 9 aromatic rings. The first kappa shape index (κ1) is 27.6. The van der Waals surface area contributed by atoms with E-state index < -0.39 is 8.07 Å². The molecule has 47 heavy (non-hydrogen) atoms. The number of benzene rings is 7. The fourth-order valence-corrected chi connectivity index (χ4v) is 12.5. The Bertz CT molecular complexity index is 2420. The summed E-state index contributed by atoms with van der Waals surface area (Å²) in [5, 5.41) is 10.3. The number of aryl methyl sites for hydroxylation is 2. The van der Waals surface area contributed by atoms with Crippen LogP contribution in [0.1, 0.15) is 11.1 Å². The number of nitrogens with zero attached hydrogens (tertiary/aromatic N) is 1. The van der Waals surface area contributed by atoms with Crippen molar-refractivity contribution in [1.82, 2.24) is 4.57 Å². The fraction of sp³-hybridized carbons (Fsp3) is 0.0455. The zero-order valence-corrected chi connectivity index (χ0v) is 27.4. The van der Waals surface area contributed by atoms with Crippen LogP contribution in [-0.2, 0) is 0 Å². The summed E-state index contributed by atoms with van der Waals surface area (Å²) in [6, 6.07) is 60.4. The summed E-state index contributed by atoms with van der Waals surface area (Å²) in [4.78, 5) is 0. The lowest BCUT2D eigenvalue weighted by molar-refractivity contribution is 0.669. The van der Waals surface area contributed by atoms with Crippen LogP contribution in [0.25, 0.3) is 49.4 Å². The standard InChI is InChI=1S/C44H33NOSi/c1-30-18-22-41-37(26-30)38-27-31(2)19-23-42(38)45(41)32-20-24-43-39(28-32)40-29-36(21-25-44(40)46-43)47(33-12-6-3-7-13-33,34-14-8-4-9-15-34)35-16-10-5-11-17-35/h3-29H,1-2H3. The Balaban J connectivity index is 1.33. The van der Waals surface area contributed by atoms with Gasteiger partial charge >= 0.3 is 0 Å². The molecule has 0 saturated carbocycles. The van der Waals surface area contributed by atoms with E-state index in [9.17, 15) is 0 Å². The van der Waals surface area contributed by atoms with Gasteiger partial charge in [-0.2, -0.15) is 0 Å². The summed E-state index contributed by atoms with van der Waals surface area (Å²) in [5.74, 6) is 0. The minimum atomic E-state index is -2.67. The van der Waals surface area contributed by atoms with Gasteiger partial charge in [0.05, 0.1) is 11.0 Å². The van der Waals surface area contributed by atoms with Crippen LogP contribution < -0.4 is 20.7 Å². The molecule has 0 radical (unpaired) electrons. The van der Waals surface area contributed by atoms with Crippen LogP contribution in [-0.4, -0.2) is 12.6 Å². The second-order valence-electron chi connectivity index (χ2n) is 12.7. The number of hydrogen-bond acceptors (Lipinski definition) is 1. The summed E-state index contributed by atoms with van der Waals surface area (Å²) >= 11 is 0. The molecular formula is C44H33NOSi. The summed E-state index contributed by atoms with van der Waals surface area (Å²) in [6.45, 7) is 4.34. The predicted molar refractivity (Wildman–Crippen MR) is 201 cm³/mol. The van der Waals surface area contributed by atoms with E-state index in [1.807, 2.05) is 0 Å². The third kappa shape index (κ3) is 4.24. The summed E-state index contributed by atoms with van der Waals surface area (Å²) in [5.41, 5.74) is 7.91. The highest BCUT2D eigenvalue weighted by Gasteiger charge is 2.41. The van der Waals surface area contributed by atoms with Gasteiger partial charge in [-0.05, 0) is 83.1 Å². The highest BCUT2D eigenvalue weighted by atomic mass is 28.3. The van der Waals surface area contributed by atoms with E-state index >= 15 is 0 Å². The molecule has 0 aliphatic heterocycles. The van der Waals surface area contributed by atoms with E-state index in [0.717, 1.165) is 27.6 Å². The quantitative estimate of drug-likeness (QED) is 0.139. The van der Waals surface area contributed by atoms with E-state index in [1.165, 1.54) is 53.7 Å².